The Bertz CT molecular complexity index is 614. The number of hydrogen-bond acceptors (Lipinski definition) is 2. The topological polar surface area (TPSA) is 38.3 Å². The van der Waals surface area contributed by atoms with Gasteiger partial charge in [0.2, 0.25) is 0 Å². The van der Waals surface area contributed by atoms with Crippen molar-refractivity contribution in [2.45, 2.75) is 0 Å². The number of amides is 1. The lowest BCUT2D eigenvalue weighted by atomic mass is 10.2. The van der Waals surface area contributed by atoms with Gasteiger partial charge in [0.15, 0.2) is 0 Å². The van der Waals surface area contributed by atoms with Gasteiger partial charge in [0.05, 0.1) is 12.7 Å². The molecule has 0 radical (unpaired) electrons. The van der Waals surface area contributed by atoms with E-state index >= 15 is 0 Å². The Hall–Kier alpha value is -2.43. The number of hydrogen-bond donors (Lipinski definition) is 1. The van der Waals surface area contributed by atoms with E-state index < -0.39 is 17.5 Å². The summed E-state index contributed by atoms with van der Waals surface area (Å²) in [7, 11) is 1.50. The number of halogens is 2. The highest BCUT2D eigenvalue weighted by molar-refractivity contribution is 6.04. The Morgan fingerprint density at radius 2 is 1.95 bits per heavy atom. The van der Waals surface area contributed by atoms with Gasteiger partial charge in [0, 0.05) is 17.8 Å². The van der Waals surface area contributed by atoms with Gasteiger partial charge in [-0.15, -0.1) is 0 Å². The fourth-order valence-electron chi connectivity index (χ4n) is 1.57. The molecule has 1 amide bonds. The molecule has 19 heavy (non-hydrogen) atoms. The van der Waals surface area contributed by atoms with Crippen molar-refractivity contribution in [2.24, 2.45) is 0 Å². The first-order valence-corrected chi connectivity index (χ1v) is 5.50. The van der Waals surface area contributed by atoms with Gasteiger partial charge in [-0.25, -0.2) is 8.78 Å². The monoisotopic (exact) mass is 263 g/mol. The number of anilines is 1. The van der Waals surface area contributed by atoms with Gasteiger partial charge in [0.1, 0.15) is 17.4 Å². The fraction of sp³-hybridized carbons (Fsp3) is 0.0714. The highest BCUT2D eigenvalue weighted by Gasteiger charge is 2.12. The van der Waals surface area contributed by atoms with E-state index in [1.165, 1.54) is 7.11 Å². The van der Waals surface area contributed by atoms with Crippen LogP contribution in [0.1, 0.15) is 10.4 Å². The average molecular weight is 263 g/mol. The summed E-state index contributed by atoms with van der Waals surface area (Å²) in [6.07, 6.45) is 0. The molecule has 0 aliphatic heterocycles. The summed E-state index contributed by atoms with van der Waals surface area (Å²) in [5, 5.41) is 2.51. The van der Waals surface area contributed by atoms with Crippen LogP contribution >= 0.6 is 0 Å². The van der Waals surface area contributed by atoms with Gasteiger partial charge in [-0.2, -0.15) is 0 Å². The minimum Gasteiger partial charge on any atom is -0.497 e. The Labute approximate surface area is 108 Å². The average Bonchev–Trinajstić information content (AvgIpc) is 2.38. The molecule has 3 nitrogen and oxygen atoms in total. The SMILES string of the molecule is COc1cccc(NC(=O)c2ccc(F)cc2F)c1. The van der Waals surface area contributed by atoms with E-state index in [-0.39, 0.29) is 5.56 Å². The molecule has 2 aromatic carbocycles. The summed E-state index contributed by atoms with van der Waals surface area (Å²) in [5.74, 6) is -1.71. The second-order valence-electron chi connectivity index (χ2n) is 3.81. The van der Waals surface area contributed by atoms with Crippen LogP contribution in [0.15, 0.2) is 42.5 Å². The first-order valence-electron chi connectivity index (χ1n) is 5.50. The number of ether oxygens (including phenoxy) is 1. The van der Waals surface area contributed by atoms with E-state index in [0.29, 0.717) is 17.5 Å². The van der Waals surface area contributed by atoms with Crippen LogP contribution < -0.4 is 10.1 Å². The molecule has 1 N–H and O–H groups in total. The lowest BCUT2D eigenvalue weighted by Crippen LogP contribution is -2.13. The molecule has 98 valence electrons. The summed E-state index contributed by atoms with van der Waals surface area (Å²) >= 11 is 0. The van der Waals surface area contributed by atoms with Crippen molar-refractivity contribution < 1.29 is 18.3 Å². The van der Waals surface area contributed by atoms with Crippen LogP contribution in [0.4, 0.5) is 14.5 Å². The zero-order valence-corrected chi connectivity index (χ0v) is 10.1. The van der Waals surface area contributed by atoms with Crippen molar-refractivity contribution >= 4 is 11.6 Å². The normalized spacial score (nSPS) is 10.1. The van der Waals surface area contributed by atoms with Gasteiger partial charge in [-0.1, -0.05) is 6.07 Å². The molecule has 0 saturated carbocycles. The van der Waals surface area contributed by atoms with Gasteiger partial charge in [-0.05, 0) is 24.3 Å². The molecule has 2 aromatic rings. The number of carbonyl (C=O) groups excluding carboxylic acids is 1. The maximum absolute atomic E-state index is 13.4. The van der Waals surface area contributed by atoms with Gasteiger partial charge < -0.3 is 10.1 Å². The van der Waals surface area contributed by atoms with Crippen LogP contribution in [0, 0.1) is 11.6 Å². The first kappa shape index (κ1) is 13.0. The van der Waals surface area contributed by atoms with E-state index in [0.717, 1.165) is 12.1 Å². The largest absolute Gasteiger partial charge is 0.497 e. The predicted molar refractivity (Wildman–Crippen MR) is 67.3 cm³/mol. The Kier molecular flexibility index (Phi) is 3.75. The minimum absolute atomic E-state index is 0.218. The summed E-state index contributed by atoms with van der Waals surface area (Å²) in [6.45, 7) is 0. The molecule has 0 aromatic heterocycles. The van der Waals surface area contributed by atoms with Crippen LogP contribution in [0.5, 0.6) is 5.75 Å². The minimum atomic E-state index is -0.902. The molecule has 0 atom stereocenters. The molecule has 0 spiro atoms. The molecule has 0 saturated heterocycles. The second kappa shape index (κ2) is 5.48. The molecule has 5 heteroatoms. The summed E-state index contributed by atoms with van der Waals surface area (Å²) < 4.78 is 31.2. The van der Waals surface area contributed by atoms with Gasteiger partial charge in [-0.3, -0.25) is 4.79 Å². The van der Waals surface area contributed by atoms with Crippen LogP contribution in [-0.4, -0.2) is 13.0 Å². The van der Waals surface area contributed by atoms with Gasteiger partial charge in [0.25, 0.3) is 5.91 Å². The van der Waals surface area contributed by atoms with E-state index in [1.54, 1.807) is 24.3 Å². The zero-order chi connectivity index (χ0) is 13.8. The van der Waals surface area contributed by atoms with E-state index in [2.05, 4.69) is 5.32 Å². The molecule has 0 fully saturated rings. The van der Waals surface area contributed by atoms with Crippen molar-refractivity contribution in [3.05, 3.63) is 59.7 Å². The first-order chi connectivity index (χ1) is 9.10. The van der Waals surface area contributed by atoms with E-state index in [4.69, 9.17) is 4.74 Å². The highest BCUT2D eigenvalue weighted by atomic mass is 19.1. The van der Waals surface area contributed by atoms with Crippen molar-refractivity contribution in [1.82, 2.24) is 0 Å². The standard InChI is InChI=1S/C14H11F2NO2/c1-19-11-4-2-3-10(8-11)17-14(18)12-6-5-9(15)7-13(12)16/h2-8H,1H3,(H,17,18). The highest BCUT2D eigenvalue weighted by Crippen LogP contribution is 2.18. The Morgan fingerprint density at radius 3 is 2.63 bits per heavy atom. The molecule has 0 heterocycles. The third kappa shape index (κ3) is 3.07. The lowest BCUT2D eigenvalue weighted by molar-refractivity contribution is 0.102. The molecular formula is C14H11F2NO2. The summed E-state index contributed by atoms with van der Waals surface area (Å²) in [4.78, 5) is 11.8. The number of rotatable bonds is 3. The lowest BCUT2D eigenvalue weighted by Gasteiger charge is -2.07. The van der Waals surface area contributed by atoms with Crippen LogP contribution in [0.25, 0.3) is 0 Å². The molecule has 0 aliphatic rings. The molecular weight excluding hydrogens is 252 g/mol. The van der Waals surface area contributed by atoms with Crippen LogP contribution in [0.2, 0.25) is 0 Å². The van der Waals surface area contributed by atoms with Gasteiger partial charge >= 0.3 is 0 Å². The number of benzene rings is 2. The number of methoxy groups -OCH3 is 1. The third-order valence-corrected chi connectivity index (χ3v) is 2.50. The fourth-order valence-corrected chi connectivity index (χ4v) is 1.57. The molecule has 0 aliphatic carbocycles. The number of nitrogens with one attached hydrogen (secondary N) is 1. The summed E-state index contributed by atoms with van der Waals surface area (Å²) in [5.41, 5.74) is 0.247. The smallest absolute Gasteiger partial charge is 0.258 e. The molecule has 2 rings (SSSR count). The third-order valence-electron chi connectivity index (χ3n) is 2.50. The van der Waals surface area contributed by atoms with Crippen LogP contribution in [0.3, 0.4) is 0 Å². The summed E-state index contributed by atoms with van der Waals surface area (Å²) in [6, 6.07) is 9.44. The van der Waals surface area contributed by atoms with Crippen molar-refractivity contribution in [3.63, 3.8) is 0 Å². The molecule has 0 unspecified atom stereocenters. The van der Waals surface area contributed by atoms with Crippen LogP contribution in [-0.2, 0) is 0 Å². The predicted octanol–water partition coefficient (Wildman–Crippen LogP) is 3.23. The number of carbonyl (C=O) groups is 1. The quantitative estimate of drug-likeness (QED) is 0.923. The second-order valence-corrected chi connectivity index (χ2v) is 3.81. The van der Waals surface area contributed by atoms with Crippen molar-refractivity contribution in [3.8, 4) is 5.75 Å². The van der Waals surface area contributed by atoms with Crippen molar-refractivity contribution in [1.29, 1.82) is 0 Å². The van der Waals surface area contributed by atoms with E-state index in [9.17, 15) is 13.6 Å². The van der Waals surface area contributed by atoms with E-state index in [1.807, 2.05) is 0 Å². The maximum Gasteiger partial charge on any atom is 0.258 e. The zero-order valence-electron chi connectivity index (χ0n) is 10.1. The molecule has 0 bridgehead atoms. The Morgan fingerprint density at radius 1 is 1.16 bits per heavy atom. The maximum atomic E-state index is 13.4. The van der Waals surface area contributed by atoms with Crippen molar-refractivity contribution in [2.75, 3.05) is 12.4 Å². The Balaban J connectivity index is 2.20.